The first-order chi connectivity index (χ1) is 16.5. The number of pyridine rings is 1. The minimum absolute atomic E-state index is 0.114. The first-order valence-electron chi connectivity index (χ1n) is 11.2. The Hall–Kier alpha value is -3.65. The number of carbonyl (C=O) groups excluding carboxylic acids is 1. The summed E-state index contributed by atoms with van der Waals surface area (Å²) in [6, 6.07) is 18.6. The van der Waals surface area contributed by atoms with Crippen molar-refractivity contribution in [1.29, 1.82) is 0 Å². The Kier molecular flexibility index (Phi) is 6.06. The Bertz CT molecular complexity index is 1410. The number of hydrogen-bond donors (Lipinski definition) is 1. The van der Waals surface area contributed by atoms with E-state index in [0.29, 0.717) is 59.0 Å². The number of anilines is 1. The van der Waals surface area contributed by atoms with Gasteiger partial charge in [-0.1, -0.05) is 42.1 Å². The molecule has 172 valence electrons. The molecule has 1 saturated carbocycles. The third-order valence-electron chi connectivity index (χ3n) is 6.11. The molecule has 0 radical (unpaired) electrons. The van der Waals surface area contributed by atoms with Crippen LogP contribution in [0.4, 0.5) is 5.82 Å². The molecule has 2 aromatic heterocycles. The first-order valence-corrected chi connectivity index (χ1v) is 12.4. The molecule has 0 unspecified atom stereocenters. The lowest BCUT2D eigenvalue weighted by atomic mass is 9.93. The van der Waals surface area contributed by atoms with Crippen LogP contribution < -0.4 is 16.0 Å². The zero-order chi connectivity index (χ0) is 23.7. The molecule has 0 spiro atoms. The highest BCUT2D eigenvalue weighted by Crippen LogP contribution is 2.32. The summed E-state index contributed by atoms with van der Waals surface area (Å²) in [5.74, 6) is 1.98. The van der Waals surface area contributed by atoms with Crippen LogP contribution >= 0.6 is 11.8 Å². The number of nitrogen functional groups attached to an aromatic ring is 1. The number of rotatable bonds is 5. The molecule has 7 nitrogen and oxygen atoms in total. The number of para-hydroxylation sites is 1. The van der Waals surface area contributed by atoms with E-state index in [2.05, 4.69) is 9.97 Å². The summed E-state index contributed by atoms with van der Waals surface area (Å²) < 4.78 is 7.61. The Balaban J connectivity index is 1.61. The van der Waals surface area contributed by atoms with Crippen molar-refractivity contribution < 1.29 is 9.53 Å². The molecule has 2 N–H and O–H groups in total. The van der Waals surface area contributed by atoms with Crippen LogP contribution in [0.2, 0.25) is 0 Å². The number of carbonyl (C=O) groups is 1. The number of ether oxygens (including phenoxy) is 1. The normalized spacial score (nSPS) is 14.4. The summed E-state index contributed by atoms with van der Waals surface area (Å²) >= 11 is 1.38. The lowest BCUT2D eigenvalue weighted by Crippen LogP contribution is -2.30. The van der Waals surface area contributed by atoms with E-state index in [-0.39, 0.29) is 17.4 Å². The maximum Gasteiger partial charge on any atom is 0.260 e. The molecule has 4 aromatic rings. The molecular weight excluding hydrogens is 448 g/mol. The Labute approximate surface area is 201 Å². The number of ketones is 1. The number of nitrogens with zero attached hydrogens (tertiary/aromatic N) is 3. The van der Waals surface area contributed by atoms with Crippen LogP contribution in [0.1, 0.15) is 31.7 Å². The molecule has 2 aromatic carbocycles. The number of benzene rings is 2. The van der Waals surface area contributed by atoms with Gasteiger partial charge in [-0.3, -0.25) is 14.2 Å². The molecule has 0 amide bonds. The molecule has 8 heteroatoms. The van der Waals surface area contributed by atoms with E-state index in [0.717, 1.165) is 11.3 Å². The predicted molar refractivity (Wildman–Crippen MR) is 134 cm³/mol. The Morgan fingerprint density at radius 1 is 0.971 bits per heavy atom. The van der Waals surface area contributed by atoms with Crippen molar-refractivity contribution in [2.75, 3.05) is 12.0 Å². The van der Waals surface area contributed by atoms with E-state index in [1.807, 2.05) is 60.9 Å². The van der Waals surface area contributed by atoms with Gasteiger partial charge in [0.25, 0.3) is 5.56 Å². The fourth-order valence-corrected chi connectivity index (χ4v) is 4.72. The third kappa shape index (κ3) is 4.28. The largest absolute Gasteiger partial charge is 0.457 e. The zero-order valence-corrected chi connectivity index (χ0v) is 19.5. The maximum absolute atomic E-state index is 13.8. The van der Waals surface area contributed by atoms with Crippen LogP contribution in [0.15, 0.2) is 70.6 Å². The molecule has 1 aliphatic carbocycles. The van der Waals surface area contributed by atoms with Crippen LogP contribution in [0.25, 0.3) is 22.2 Å². The number of fused-ring (bicyclic) bond motifs is 1. The second-order valence-electron chi connectivity index (χ2n) is 8.28. The third-order valence-corrected chi connectivity index (χ3v) is 6.65. The van der Waals surface area contributed by atoms with E-state index in [9.17, 15) is 9.59 Å². The van der Waals surface area contributed by atoms with Crippen molar-refractivity contribution in [3.63, 3.8) is 0 Å². The molecule has 34 heavy (non-hydrogen) atoms. The predicted octanol–water partition coefficient (Wildman–Crippen LogP) is 5.24. The average molecular weight is 473 g/mol. The molecular formula is C26H24N4O3S. The average Bonchev–Trinajstić information content (AvgIpc) is 2.86. The van der Waals surface area contributed by atoms with Gasteiger partial charge in [0.15, 0.2) is 5.16 Å². The lowest BCUT2D eigenvalue weighted by Gasteiger charge is -2.25. The molecule has 5 rings (SSSR count). The van der Waals surface area contributed by atoms with E-state index in [4.69, 9.17) is 10.5 Å². The van der Waals surface area contributed by atoms with Crippen LogP contribution in [0, 0.1) is 0 Å². The van der Waals surface area contributed by atoms with E-state index in [1.165, 1.54) is 11.8 Å². The van der Waals surface area contributed by atoms with Crippen molar-refractivity contribution in [3.05, 3.63) is 71.0 Å². The van der Waals surface area contributed by atoms with Crippen molar-refractivity contribution in [3.8, 4) is 22.6 Å². The van der Waals surface area contributed by atoms with Gasteiger partial charge >= 0.3 is 0 Å². The van der Waals surface area contributed by atoms with Crippen LogP contribution in [0.5, 0.6) is 11.5 Å². The van der Waals surface area contributed by atoms with Gasteiger partial charge in [0.1, 0.15) is 28.7 Å². The van der Waals surface area contributed by atoms with Gasteiger partial charge in [0.2, 0.25) is 0 Å². The van der Waals surface area contributed by atoms with Gasteiger partial charge in [-0.05, 0) is 55.0 Å². The summed E-state index contributed by atoms with van der Waals surface area (Å²) in [7, 11) is 0. The Morgan fingerprint density at radius 3 is 2.32 bits per heavy atom. The summed E-state index contributed by atoms with van der Waals surface area (Å²) in [5.41, 5.74) is 7.95. The van der Waals surface area contributed by atoms with Gasteiger partial charge in [-0.2, -0.15) is 0 Å². The molecule has 0 saturated heterocycles. The molecule has 2 heterocycles. The molecule has 0 aliphatic heterocycles. The van der Waals surface area contributed by atoms with Crippen molar-refractivity contribution in [1.82, 2.24) is 14.5 Å². The SMILES string of the molecule is CSc1nc(N)c2cc(-c3ccc(Oc4ccccc4)cc3)c(=O)n(C3CCC(=O)CC3)c2n1. The van der Waals surface area contributed by atoms with Gasteiger partial charge in [0, 0.05) is 24.4 Å². The highest BCUT2D eigenvalue weighted by Gasteiger charge is 2.25. The first kappa shape index (κ1) is 22.2. The van der Waals surface area contributed by atoms with E-state index >= 15 is 0 Å². The second kappa shape index (κ2) is 9.30. The zero-order valence-electron chi connectivity index (χ0n) is 18.7. The number of Topliss-reactive ketones (excluding diaryl/α,β-unsaturated/α-hetero) is 1. The summed E-state index contributed by atoms with van der Waals surface area (Å²) in [5, 5.41) is 1.15. The van der Waals surface area contributed by atoms with E-state index in [1.54, 1.807) is 10.6 Å². The smallest absolute Gasteiger partial charge is 0.260 e. The molecule has 0 bridgehead atoms. The molecule has 1 aliphatic rings. The minimum atomic E-state index is -0.145. The second-order valence-corrected chi connectivity index (χ2v) is 9.05. The van der Waals surface area contributed by atoms with Crippen molar-refractivity contribution in [2.45, 2.75) is 36.9 Å². The summed E-state index contributed by atoms with van der Waals surface area (Å²) in [6.07, 6.45) is 4.02. The van der Waals surface area contributed by atoms with Gasteiger partial charge in [-0.25, -0.2) is 9.97 Å². The number of aromatic nitrogens is 3. The molecule has 0 atom stereocenters. The Morgan fingerprint density at radius 2 is 1.65 bits per heavy atom. The topological polar surface area (TPSA) is 100 Å². The van der Waals surface area contributed by atoms with E-state index < -0.39 is 0 Å². The lowest BCUT2D eigenvalue weighted by molar-refractivity contribution is -0.120. The fourth-order valence-electron chi connectivity index (χ4n) is 4.35. The number of thioether (sulfide) groups is 1. The summed E-state index contributed by atoms with van der Waals surface area (Å²) in [4.78, 5) is 34.7. The quantitative estimate of drug-likeness (QED) is 0.313. The molecule has 1 fully saturated rings. The van der Waals surface area contributed by atoms with Crippen LogP contribution in [0.3, 0.4) is 0 Å². The van der Waals surface area contributed by atoms with Crippen molar-refractivity contribution in [2.24, 2.45) is 0 Å². The maximum atomic E-state index is 13.8. The van der Waals surface area contributed by atoms with Gasteiger partial charge in [0.05, 0.1) is 5.39 Å². The fraction of sp³-hybridized carbons (Fsp3) is 0.231. The highest BCUT2D eigenvalue weighted by atomic mass is 32.2. The highest BCUT2D eigenvalue weighted by molar-refractivity contribution is 7.98. The number of nitrogens with two attached hydrogens (primary N) is 1. The van der Waals surface area contributed by atoms with Gasteiger partial charge < -0.3 is 10.5 Å². The summed E-state index contributed by atoms with van der Waals surface area (Å²) in [6.45, 7) is 0. The van der Waals surface area contributed by atoms with Crippen LogP contribution in [-0.4, -0.2) is 26.6 Å². The minimum Gasteiger partial charge on any atom is -0.457 e. The van der Waals surface area contributed by atoms with Crippen LogP contribution in [-0.2, 0) is 4.79 Å². The number of hydrogen-bond acceptors (Lipinski definition) is 7. The van der Waals surface area contributed by atoms with Crippen molar-refractivity contribution >= 4 is 34.4 Å². The monoisotopic (exact) mass is 472 g/mol. The standard InChI is InChI=1S/C26H24N4O3S/c1-34-26-28-23(27)22-15-21(16-7-13-20(14-8-16)33-19-5-3-2-4-6-19)25(32)30(24(22)29-26)17-9-11-18(31)12-10-17/h2-8,13-15,17H,9-12H2,1H3,(H2,27,28,29). The van der Waals surface area contributed by atoms with Gasteiger partial charge in [-0.15, -0.1) is 0 Å².